The first kappa shape index (κ1) is 13.7. The van der Waals surface area contributed by atoms with Crippen LogP contribution in [-0.2, 0) is 6.54 Å². The molecule has 0 aliphatic rings. The molecule has 0 aliphatic carbocycles. The second-order valence-corrected chi connectivity index (χ2v) is 4.82. The van der Waals surface area contributed by atoms with Gasteiger partial charge in [0, 0.05) is 12.6 Å². The molecule has 0 aromatic heterocycles. The zero-order valence-corrected chi connectivity index (χ0v) is 10.6. The number of nitrogens with zero attached hydrogens (tertiary/aromatic N) is 1. The molecule has 3 heteroatoms. The van der Waals surface area contributed by atoms with E-state index in [1.54, 1.807) is 0 Å². The van der Waals surface area contributed by atoms with E-state index in [0.717, 1.165) is 12.0 Å². The number of rotatable bonds is 5. The number of nitrogens with one attached hydrogen (secondary N) is 1. The first-order valence-corrected chi connectivity index (χ1v) is 5.94. The lowest BCUT2D eigenvalue weighted by atomic mass is 10.0. The van der Waals surface area contributed by atoms with E-state index in [1.807, 2.05) is 0 Å². The standard InChI is InChI=1S/C14H19FN2/c1-10(2)6-11(3)17-9-13-7-14(15)5-4-12(13)8-16/h4-5,7,10-11,17H,6,9H2,1-3H3. The third-order valence-corrected chi connectivity index (χ3v) is 2.65. The molecule has 0 saturated heterocycles. The number of nitriles is 1. The van der Waals surface area contributed by atoms with Gasteiger partial charge in [0.1, 0.15) is 5.82 Å². The maximum Gasteiger partial charge on any atom is 0.123 e. The summed E-state index contributed by atoms with van der Waals surface area (Å²) in [4.78, 5) is 0. The summed E-state index contributed by atoms with van der Waals surface area (Å²) < 4.78 is 13.1. The zero-order chi connectivity index (χ0) is 12.8. The quantitative estimate of drug-likeness (QED) is 0.849. The molecule has 17 heavy (non-hydrogen) atoms. The van der Waals surface area contributed by atoms with Gasteiger partial charge in [-0.1, -0.05) is 13.8 Å². The fourth-order valence-corrected chi connectivity index (χ4v) is 1.89. The van der Waals surface area contributed by atoms with E-state index >= 15 is 0 Å². The van der Waals surface area contributed by atoms with Crippen LogP contribution in [0, 0.1) is 23.1 Å². The van der Waals surface area contributed by atoms with Crippen molar-refractivity contribution in [3.63, 3.8) is 0 Å². The predicted octanol–water partition coefficient (Wildman–Crippen LogP) is 3.22. The second kappa shape index (κ2) is 6.36. The largest absolute Gasteiger partial charge is 0.310 e. The van der Waals surface area contributed by atoms with Gasteiger partial charge in [-0.3, -0.25) is 0 Å². The zero-order valence-electron chi connectivity index (χ0n) is 10.6. The van der Waals surface area contributed by atoms with Gasteiger partial charge in [0.2, 0.25) is 0 Å². The lowest BCUT2D eigenvalue weighted by Gasteiger charge is -2.16. The minimum Gasteiger partial charge on any atom is -0.310 e. The minimum atomic E-state index is -0.294. The number of hydrogen-bond donors (Lipinski definition) is 1. The predicted molar refractivity (Wildman–Crippen MR) is 66.9 cm³/mol. The Morgan fingerprint density at radius 2 is 2.06 bits per heavy atom. The molecule has 0 fully saturated rings. The molecule has 92 valence electrons. The van der Waals surface area contributed by atoms with Crippen molar-refractivity contribution >= 4 is 0 Å². The minimum absolute atomic E-state index is 0.294. The fraction of sp³-hybridized carbons (Fsp3) is 0.500. The molecule has 0 aliphatic heterocycles. The molecule has 1 atom stereocenters. The Balaban J connectivity index is 2.63. The van der Waals surface area contributed by atoms with Crippen molar-refractivity contribution in [2.24, 2.45) is 5.92 Å². The molecule has 0 spiro atoms. The molecule has 0 bridgehead atoms. The van der Waals surface area contributed by atoms with Gasteiger partial charge in [-0.05, 0) is 43.0 Å². The normalized spacial score (nSPS) is 12.5. The lowest BCUT2D eigenvalue weighted by molar-refractivity contribution is 0.441. The fourth-order valence-electron chi connectivity index (χ4n) is 1.89. The van der Waals surface area contributed by atoms with Crippen LogP contribution in [0.2, 0.25) is 0 Å². The molecular weight excluding hydrogens is 215 g/mol. The molecule has 1 rings (SSSR count). The molecule has 1 aromatic carbocycles. The van der Waals surface area contributed by atoms with E-state index in [-0.39, 0.29) is 5.82 Å². The molecule has 2 nitrogen and oxygen atoms in total. The number of hydrogen-bond acceptors (Lipinski definition) is 2. The highest BCUT2D eigenvalue weighted by molar-refractivity contribution is 5.37. The van der Waals surface area contributed by atoms with Crippen molar-refractivity contribution in [1.29, 1.82) is 5.26 Å². The van der Waals surface area contributed by atoms with Crippen molar-refractivity contribution in [2.75, 3.05) is 0 Å². The Labute approximate surface area is 102 Å². The molecule has 0 saturated carbocycles. The SMILES string of the molecule is CC(C)CC(C)NCc1cc(F)ccc1C#N. The van der Waals surface area contributed by atoms with E-state index < -0.39 is 0 Å². The molecule has 1 unspecified atom stereocenters. The molecule has 1 N–H and O–H groups in total. The summed E-state index contributed by atoms with van der Waals surface area (Å²) in [5.41, 5.74) is 1.26. The number of benzene rings is 1. The van der Waals surface area contributed by atoms with E-state index in [9.17, 15) is 4.39 Å². The summed E-state index contributed by atoms with van der Waals surface area (Å²) in [7, 11) is 0. The van der Waals surface area contributed by atoms with Crippen LogP contribution >= 0.6 is 0 Å². The summed E-state index contributed by atoms with van der Waals surface area (Å²) in [5.74, 6) is 0.331. The van der Waals surface area contributed by atoms with Crippen LogP contribution < -0.4 is 5.32 Å². The molecule has 1 aromatic rings. The Kier molecular flexibility index (Phi) is 5.11. The summed E-state index contributed by atoms with van der Waals surface area (Å²) in [6, 6.07) is 6.72. The van der Waals surface area contributed by atoms with Crippen molar-refractivity contribution in [1.82, 2.24) is 5.32 Å². The van der Waals surface area contributed by atoms with Crippen LogP contribution in [0.1, 0.15) is 38.3 Å². The summed E-state index contributed by atoms with van der Waals surface area (Å²) in [5, 5.41) is 12.2. The Morgan fingerprint density at radius 1 is 1.35 bits per heavy atom. The summed E-state index contributed by atoms with van der Waals surface area (Å²) >= 11 is 0. The topological polar surface area (TPSA) is 35.8 Å². The van der Waals surface area contributed by atoms with Crippen molar-refractivity contribution in [2.45, 2.75) is 39.8 Å². The third-order valence-electron chi connectivity index (χ3n) is 2.65. The van der Waals surface area contributed by atoms with E-state index in [4.69, 9.17) is 5.26 Å². The average Bonchev–Trinajstić information content (AvgIpc) is 2.25. The summed E-state index contributed by atoms with van der Waals surface area (Å²) in [6.07, 6.45) is 1.07. The Morgan fingerprint density at radius 3 is 2.65 bits per heavy atom. The maximum absolute atomic E-state index is 13.1. The van der Waals surface area contributed by atoms with Crippen LogP contribution in [0.4, 0.5) is 4.39 Å². The highest BCUT2D eigenvalue weighted by Gasteiger charge is 2.07. The maximum atomic E-state index is 13.1. The van der Waals surface area contributed by atoms with Crippen LogP contribution in [0.5, 0.6) is 0 Å². The first-order chi connectivity index (χ1) is 8.02. The van der Waals surface area contributed by atoms with Crippen LogP contribution in [-0.4, -0.2) is 6.04 Å². The molecule has 0 radical (unpaired) electrons. The monoisotopic (exact) mass is 234 g/mol. The molecule has 0 heterocycles. The van der Waals surface area contributed by atoms with Gasteiger partial charge in [-0.2, -0.15) is 5.26 Å². The Hall–Kier alpha value is -1.40. The lowest BCUT2D eigenvalue weighted by Crippen LogP contribution is -2.27. The highest BCUT2D eigenvalue weighted by atomic mass is 19.1. The highest BCUT2D eigenvalue weighted by Crippen LogP contribution is 2.11. The van der Waals surface area contributed by atoms with Gasteiger partial charge < -0.3 is 5.32 Å². The average molecular weight is 234 g/mol. The van der Waals surface area contributed by atoms with Gasteiger partial charge in [-0.15, -0.1) is 0 Å². The third kappa shape index (κ3) is 4.54. The van der Waals surface area contributed by atoms with Crippen LogP contribution in [0.3, 0.4) is 0 Å². The van der Waals surface area contributed by atoms with Gasteiger partial charge >= 0.3 is 0 Å². The second-order valence-electron chi connectivity index (χ2n) is 4.82. The van der Waals surface area contributed by atoms with Gasteiger partial charge in [0.15, 0.2) is 0 Å². The van der Waals surface area contributed by atoms with Gasteiger partial charge in [-0.25, -0.2) is 4.39 Å². The first-order valence-electron chi connectivity index (χ1n) is 5.94. The van der Waals surface area contributed by atoms with E-state index in [0.29, 0.717) is 24.1 Å². The van der Waals surface area contributed by atoms with E-state index in [2.05, 4.69) is 32.2 Å². The molecular formula is C14H19FN2. The number of halogens is 1. The molecule has 0 amide bonds. The smallest absolute Gasteiger partial charge is 0.123 e. The van der Waals surface area contributed by atoms with Crippen molar-refractivity contribution < 1.29 is 4.39 Å². The van der Waals surface area contributed by atoms with E-state index in [1.165, 1.54) is 18.2 Å². The summed E-state index contributed by atoms with van der Waals surface area (Å²) in [6.45, 7) is 6.97. The van der Waals surface area contributed by atoms with Crippen LogP contribution in [0.25, 0.3) is 0 Å². The Bertz CT molecular complexity index is 407. The van der Waals surface area contributed by atoms with Crippen LogP contribution in [0.15, 0.2) is 18.2 Å². The van der Waals surface area contributed by atoms with Gasteiger partial charge in [0.25, 0.3) is 0 Å². The van der Waals surface area contributed by atoms with Gasteiger partial charge in [0.05, 0.1) is 11.6 Å². The van der Waals surface area contributed by atoms with Crippen molar-refractivity contribution in [3.05, 3.63) is 35.1 Å². The van der Waals surface area contributed by atoms with Crippen molar-refractivity contribution in [3.8, 4) is 6.07 Å².